The van der Waals surface area contributed by atoms with Gasteiger partial charge in [-0.1, -0.05) is 0 Å². The summed E-state index contributed by atoms with van der Waals surface area (Å²) < 4.78 is 0. The highest BCUT2D eigenvalue weighted by Crippen LogP contribution is 1.85. The second kappa shape index (κ2) is 1.97. The third-order valence-corrected chi connectivity index (χ3v) is 0.888. The number of hydrogen-bond donors (Lipinski definition) is 0. The first kappa shape index (κ1) is 5.94. The van der Waals surface area contributed by atoms with Crippen molar-refractivity contribution in [1.82, 2.24) is 15.0 Å². The van der Waals surface area contributed by atoms with Crippen molar-refractivity contribution in [3.05, 3.63) is 11.9 Å². The maximum atomic E-state index is 10.5. The Bertz CT molecular complexity index is 228. The van der Waals surface area contributed by atoms with E-state index < -0.39 is 0 Å². The molecule has 0 aliphatic carbocycles. The van der Waals surface area contributed by atoms with E-state index in [2.05, 4.69) is 10.2 Å². The van der Waals surface area contributed by atoms with Crippen LogP contribution in [0.25, 0.3) is 0 Å². The van der Waals surface area contributed by atoms with E-state index in [-0.39, 0.29) is 5.91 Å². The van der Waals surface area contributed by atoms with Crippen molar-refractivity contribution in [1.29, 1.82) is 0 Å². The van der Waals surface area contributed by atoms with Crippen LogP contribution >= 0.6 is 0 Å². The maximum absolute atomic E-state index is 10.5. The molecule has 0 aliphatic heterocycles. The first-order valence-corrected chi connectivity index (χ1v) is 2.60. The molecule has 48 valence electrons. The van der Waals surface area contributed by atoms with Gasteiger partial charge in [0.05, 0.1) is 11.9 Å². The third-order valence-electron chi connectivity index (χ3n) is 0.888. The molecule has 0 fully saturated rings. The molecule has 0 bridgehead atoms. The van der Waals surface area contributed by atoms with E-state index in [1.54, 1.807) is 13.1 Å². The normalized spacial score (nSPS) is 9.56. The van der Waals surface area contributed by atoms with Gasteiger partial charge >= 0.3 is 0 Å². The van der Waals surface area contributed by atoms with Crippen LogP contribution in [-0.4, -0.2) is 20.9 Å². The summed E-state index contributed by atoms with van der Waals surface area (Å²) in [5.41, 5.74) is 0.755. The molecule has 9 heavy (non-hydrogen) atoms. The van der Waals surface area contributed by atoms with Crippen molar-refractivity contribution in [2.45, 2.75) is 13.8 Å². The summed E-state index contributed by atoms with van der Waals surface area (Å²) >= 11 is 0. The molecule has 0 spiro atoms. The molecule has 1 heterocycles. The molecule has 1 aromatic heterocycles. The number of aromatic nitrogens is 3. The van der Waals surface area contributed by atoms with Gasteiger partial charge in [0.15, 0.2) is 0 Å². The molecule has 0 saturated carbocycles. The first-order valence-electron chi connectivity index (χ1n) is 2.60. The van der Waals surface area contributed by atoms with Crippen LogP contribution in [0.4, 0.5) is 0 Å². The molecule has 1 rings (SSSR count). The standard InChI is InChI=1S/C5H7N3O/c1-4-3-6-8(7-4)5(2)9/h3H,1-2H3. The highest BCUT2D eigenvalue weighted by molar-refractivity contribution is 5.73. The molecule has 0 N–H and O–H groups in total. The van der Waals surface area contributed by atoms with Crippen molar-refractivity contribution in [2.75, 3.05) is 0 Å². The van der Waals surface area contributed by atoms with Crippen molar-refractivity contribution in [3.8, 4) is 0 Å². The van der Waals surface area contributed by atoms with Crippen molar-refractivity contribution in [3.63, 3.8) is 0 Å². The smallest absolute Gasteiger partial charge is 0.261 e. The fourth-order valence-electron chi connectivity index (χ4n) is 0.491. The Morgan fingerprint density at radius 3 is 2.67 bits per heavy atom. The van der Waals surface area contributed by atoms with Crippen LogP contribution in [0, 0.1) is 6.92 Å². The molecule has 0 atom stereocenters. The summed E-state index contributed by atoms with van der Waals surface area (Å²) in [5.74, 6) is -0.164. The lowest BCUT2D eigenvalue weighted by Gasteiger charge is -1.85. The summed E-state index contributed by atoms with van der Waals surface area (Å²) in [6, 6.07) is 0. The number of carbonyl (C=O) groups excluding carboxylic acids is 1. The monoisotopic (exact) mass is 125 g/mol. The van der Waals surface area contributed by atoms with E-state index in [0.717, 1.165) is 10.5 Å². The lowest BCUT2D eigenvalue weighted by molar-refractivity contribution is 0.0902. The quantitative estimate of drug-likeness (QED) is 0.499. The van der Waals surface area contributed by atoms with Gasteiger partial charge in [0.2, 0.25) is 0 Å². The topological polar surface area (TPSA) is 47.8 Å². The summed E-state index contributed by atoms with van der Waals surface area (Å²) in [6.07, 6.45) is 1.54. The van der Waals surface area contributed by atoms with Crippen LogP contribution in [0.1, 0.15) is 17.4 Å². The molecule has 0 radical (unpaired) electrons. The van der Waals surface area contributed by atoms with E-state index >= 15 is 0 Å². The minimum Gasteiger partial charge on any atom is -0.271 e. The molecule has 0 unspecified atom stereocenters. The van der Waals surface area contributed by atoms with Gasteiger partial charge < -0.3 is 0 Å². The summed E-state index contributed by atoms with van der Waals surface area (Å²) in [4.78, 5) is 11.6. The van der Waals surface area contributed by atoms with E-state index in [1.165, 1.54) is 6.92 Å². The molecular formula is C5H7N3O. The minimum absolute atomic E-state index is 0.164. The van der Waals surface area contributed by atoms with Gasteiger partial charge in [0.25, 0.3) is 5.91 Å². The molecular weight excluding hydrogens is 118 g/mol. The van der Waals surface area contributed by atoms with Gasteiger partial charge in [-0.3, -0.25) is 4.79 Å². The average Bonchev–Trinajstić information content (AvgIpc) is 2.14. The van der Waals surface area contributed by atoms with E-state index in [4.69, 9.17) is 0 Å². The van der Waals surface area contributed by atoms with Gasteiger partial charge in [-0.25, -0.2) is 0 Å². The molecule has 4 nitrogen and oxygen atoms in total. The number of nitrogens with zero attached hydrogens (tertiary/aromatic N) is 3. The highest BCUT2D eigenvalue weighted by Gasteiger charge is 1.97. The number of carbonyl (C=O) groups is 1. The summed E-state index contributed by atoms with van der Waals surface area (Å²) in [6.45, 7) is 3.20. The average molecular weight is 125 g/mol. The van der Waals surface area contributed by atoms with E-state index in [9.17, 15) is 4.79 Å². The lowest BCUT2D eigenvalue weighted by atomic mass is 10.6. The van der Waals surface area contributed by atoms with Crippen LogP contribution < -0.4 is 0 Å². The minimum atomic E-state index is -0.164. The van der Waals surface area contributed by atoms with Crippen molar-refractivity contribution in [2.24, 2.45) is 0 Å². The van der Waals surface area contributed by atoms with Gasteiger partial charge in [0.1, 0.15) is 0 Å². The molecule has 0 saturated heterocycles. The van der Waals surface area contributed by atoms with Gasteiger partial charge in [-0.2, -0.15) is 10.2 Å². The molecule has 0 aromatic carbocycles. The Morgan fingerprint density at radius 1 is 1.78 bits per heavy atom. The van der Waals surface area contributed by atoms with Crippen molar-refractivity contribution >= 4 is 5.91 Å². The zero-order valence-electron chi connectivity index (χ0n) is 5.33. The van der Waals surface area contributed by atoms with E-state index in [1.807, 2.05) is 0 Å². The van der Waals surface area contributed by atoms with Gasteiger partial charge in [0, 0.05) is 6.92 Å². The van der Waals surface area contributed by atoms with Crippen LogP contribution in [-0.2, 0) is 0 Å². The Hall–Kier alpha value is -1.19. The second-order valence-corrected chi connectivity index (χ2v) is 1.79. The van der Waals surface area contributed by atoms with E-state index in [0.29, 0.717) is 0 Å². The van der Waals surface area contributed by atoms with Crippen LogP contribution in [0.3, 0.4) is 0 Å². The zero-order chi connectivity index (χ0) is 6.85. The lowest BCUT2D eigenvalue weighted by Crippen LogP contribution is -2.08. The largest absolute Gasteiger partial charge is 0.271 e. The Balaban J connectivity index is 2.98. The second-order valence-electron chi connectivity index (χ2n) is 1.79. The van der Waals surface area contributed by atoms with Crippen molar-refractivity contribution < 1.29 is 4.79 Å². The molecule has 0 amide bonds. The fraction of sp³-hybridized carbons (Fsp3) is 0.400. The zero-order valence-corrected chi connectivity index (χ0v) is 5.33. The van der Waals surface area contributed by atoms with Crippen LogP contribution in [0.2, 0.25) is 0 Å². The number of hydrogen-bond acceptors (Lipinski definition) is 3. The predicted octanol–water partition coefficient (Wildman–Crippen LogP) is 0.247. The Kier molecular flexibility index (Phi) is 1.30. The van der Waals surface area contributed by atoms with Gasteiger partial charge in [-0.05, 0) is 6.92 Å². The molecule has 4 heteroatoms. The van der Waals surface area contributed by atoms with Crippen LogP contribution in [0.5, 0.6) is 0 Å². The Labute approximate surface area is 52.5 Å². The SMILES string of the molecule is CC(=O)n1ncc(C)n1. The van der Waals surface area contributed by atoms with Gasteiger partial charge in [-0.15, -0.1) is 4.80 Å². The summed E-state index contributed by atoms with van der Waals surface area (Å²) in [7, 11) is 0. The fourth-order valence-corrected chi connectivity index (χ4v) is 0.491. The number of aryl methyl sites for hydroxylation is 1. The number of rotatable bonds is 0. The highest BCUT2D eigenvalue weighted by atomic mass is 16.2. The molecule has 0 aliphatic rings. The van der Waals surface area contributed by atoms with Crippen LogP contribution in [0.15, 0.2) is 6.20 Å². The third kappa shape index (κ3) is 1.13. The Morgan fingerprint density at radius 2 is 2.44 bits per heavy atom. The maximum Gasteiger partial charge on any atom is 0.261 e. The summed E-state index contributed by atoms with van der Waals surface area (Å²) in [5, 5.41) is 7.44. The molecule has 1 aromatic rings. The predicted molar refractivity (Wildman–Crippen MR) is 31.1 cm³/mol. The first-order chi connectivity index (χ1) is 4.20.